The summed E-state index contributed by atoms with van der Waals surface area (Å²) in [6.07, 6.45) is 0. The fourth-order valence-electron chi connectivity index (χ4n) is 3.40. The number of hydrogen-bond donors (Lipinski definition) is 1. The summed E-state index contributed by atoms with van der Waals surface area (Å²) in [5.41, 5.74) is 3.88. The van der Waals surface area contributed by atoms with E-state index in [0.717, 1.165) is 22.6 Å². The maximum absolute atomic E-state index is 13.2. The lowest BCUT2D eigenvalue weighted by Crippen LogP contribution is -2.30. The number of carbonyl (C=O) groups is 1. The lowest BCUT2D eigenvalue weighted by molar-refractivity contribution is -0.118. The van der Waals surface area contributed by atoms with Crippen LogP contribution < -0.4 is 10.2 Å². The quantitative estimate of drug-likeness (QED) is 0.706. The molecule has 0 saturated carbocycles. The van der Waals surface area contributed by atoms with E-state index in [9.17, 15) is 9.18 Å². The monoisotopic (exact) mass is 380 g/mol. The molecule has 3 aromatic rings. The second-order valence-corrected chi connectivity index (χ2v) is 6.75. The Morgan fingerprint density at radius 3 is 2.37 bits per heavy atom. The highest BCUT2D eigenvalue weighted by molar-refractivity contribution is 7.80. The van der Waals surface area contributed by atoms with Crippen molar-refractivity contribution in [1.82, 2.24) is 15.1 Å². The van der Waals surface area contributed by atoms with Crippen molar-refractivity contribution >= 4 is 28.9 Å². The van der Waals surface area contributed by atoms with E-state index in [1.54, 1.807) is 0 Å². The molecule has 1 saturated heterocycles. The van der Waals surface area contributed by atoms with Crippen LogP contribution in [0.2, 0.25) is 0 Å². The van der Waals surface area contributed by atoms with Gasteiger partial charge in [-0.25, -0.2) is 9.07 Å². The molecule has 1 fully saturated rings. The SMILES string of the molecule is Cc1nn(-c2ccccc2)c(C)c1[C@H]1NC(=S)N(c2ccc(F)cc2)C1=O. The summed E-state index contributed by atoms with van der Waals surface area (Å²) in [6.45, 7) is 3.81. The van der Waals surface area contributed by atoms with Crippen molar-refractivity contribution in [3.8, 4) is 5.69 Å². The van der Waals surface area contributed by atoms with Crippen molar-refractivity contribution in [3.63, 3.8) is 0 Å². The number of anilines is 1. The van der Waals surface area contributed by atoms with E-state index < -0.39 is 6.04 Å². The Labute approximate surface area is 161 Å². The van der Waals surface area contributed by atoms with Gasteiger partial charge in [0.25, 0.3) is 5.91 Å². The molecule has 0 aliphatic carbocycles. The van der Waals surface area contributed by atoms with Gasteiger partial charge < -0.3 is 5.32 Å². The lowest BCUT2D eigenvalue weighted by atomic mass is 10.0. The Hall–Kier alpha value is -3.06. The van der Waals surface area contributed by atoms with Crippen LogP contribution in [0.3, 0.4) is 0 Å². The molecule has 1 atom stereocenters. The number of para-hydroxylation sites is 1. The molecular weight excluding hydrogens is 363 g/mol. The fraction of sp³-hybridized carbons (Fsp3) is 0.150. The molecule has 1 amide bonds. The molecule has 0 spiro atoms. The van der Waals surface area contributed by atoms with Crippen LogP contribution in [-0.4, -0.2) is 20.8 Å². The van der Waals surface area contributed by atoms with Crippen molar-refractivity contribution in [2.45, 2.75) is 19.9 Å². The summed E-state index contributed by atoms with van der Waals surface area (Å²) in [7, 11) is 0. The Morgan fingerprint density at radius 1 is 1.04 bits per heavy atom. The maximum atomic E-state index is 13.2. The zero-order chi connectivity index (χ0) is 19.1. The van der Waals surface area contributed by atoms with Crippen molar-refractivity contribution in [3.05, 3.63) is 77.4 Å². The highest BCUT2D eigenvalue weighted by Crippen LogP contribution is 2.31. The first kappa shape index (κ1) is 17.4. The van der Waals surface area contributed by atoms with Gasteiger partial charge in [-0.05, 0) is 62.5 Å². The number of amides is 1. The lowest BCUT2D eigenvalue weighted by Gasteiger charge is -2.15. The third-order valence-corrected chi connectivity index (χ3v) is 4.96. The van der Waals surface area contributed by atoms with Crippen LogP contribution in [0.25, 0.3) is 5.69 Å². The van der Waals surface area contributed by atoms with Crippen LogP contribution in [0.5, 0.6) is 0 Å². The van der Waals surface area contributed by atoms with E-state index in [2.05, 4.69) is 10.4 Å². The van der Waals surface area contributed by atoms with Crippen molar-refractivity contribution in [2.24, 2.45) is 0 Å². The van der Waals surface area contributed by atoms with Crippen LogP contribution >= 0.6 is 12.2 Å². The minimum absolute atomic E-state index is 0.203. The predicted octanol–water partition coefficient (Wildman–Crippen LogP) is 3.59. The maximum Gasteiger partial charge on any atom is 0.260 e. The standard InChI is InChI=1S/C20H17FN4OS/c1-12-17(13(2)25(23-12)16-6-4-3-5-7-16)18-19(26)24(20(27)22-18)15-10-8-14(21)9-11-15/h3-11,18H,1-2H3,(H,22,27)/t18-/m1/s1. The first-order valence-electron chi connectivity index (χ1n) is 8.49. The van der Waals surface area contributed by atoms with Gasteiger partial charge in [0.05, 0.1) is 17.1 Å². The molecule has 1 aromatic heterocycles. The summed E-state index contributed by atoms with van der Waals surface area (Å²) in [6, 6.07) is 14.8. The molecule has 1 N–H and O–H groups in total. The molecule has 0 unspecified atom stereocenters. The summed E-state index contributed by atoms with van der Waals surface area (Å²) >= 11 is 5.37. The van der Waals surface area contributed by atoms with E-state index in [4.69, 9.17) is 12.2 Å². The van der Waals surface area contributed by atoms with Gasteiger partial charge in [0.2, 0.25) is 0 Å². The molecule has 2 heterocycles. The van der Waals surface area contributed by atoms with Gasteiger partial charge >= 0.3 is 0 Å². The topological polar surface area (TPSA) is 50.2 Å². The van der Waals surface area contributed by atoms with Gasteiger partial charge in [0.15, 0.2) is 5.11 Å². The molecule has 1 aliphatic rings. The van der Waals surface area contributed by atoms with E-state index >= 15 is 0 Å². The second-order valence-electron chi connectivity index (χ2n) is 6.36. The van der Waals surface area contributed by atoms with Gasteiger partial charge in [0, 0.05) is 11.3 Å². The number of carbonyl (C=O) groups excluding carboxylic acids is 1. The van der Waals surface area contributed by atoms with Crippen LogP contribution in [0.1, 0.15) is 23.0 Å². The molecule has 136 valence electrons. The summed E-state index contributed by atoms with van der Waals surface area (Å²) < 4.78 is 15.0. The Kier molecular flexibility index (Phi) is 4.24. The normalized spacial score (nSPS) is 16.7. The van der Waals surface area contributed by atoms with Gasteiger partial charge in [-0.15, -0.1) is 0 Å². The largest absolute Gasteiger partial charge is 0.346 e. The fourth-order valence-corrected chi connectivity index (χ4v) is 3.72. The highest BCUT2D eigenvalue weighted by Gasteiger charge is 2.40. The van der Waals surface area contributed by atoms with Gasteiger partial charge in [0.1, 0.15) is 11.9 Å². The number of benzene rings is 2. The average Bonchev–Trinajstić information content (AvgIpc) is 3.12. The third-order valence-electron chi connectivity index (χ3n) is 4.66. The minimum atomic E-state index is -0.625. The number of aryl methyl sites for hydroxylation is 1. The molecule has 1 aliphatic heterocycles. The van der Waals surface area contributed by atoms with Crippen LogP contribution in [0, 0.1) is 19.7 Å². The Balaban J connectivity index is 1.73. The first-order valence-corrected chi connectivity index (χ1v) is 8.90. The highest BCUT2D eigenvalue weighted by atomic mass is 32.1. The molecular formula is C20H17FN4OS. The van der Waals surface area contributed by atoms with Gasteiger partial charge in [-0.1, -0.05) is 18.2 Å². The number of hydrogen-bond acceptors (Lipinski definition) is 3. The number of aromatic nitrogens is 2. The molecule has 0 radical (unpaired) electrons. The van der Waals surface area contributed by atoms with E-state index in [1.807, 2.05) is 48.9 Å². The molecule has 0 bridgehead atoms. The van der Waals surface area contributed by atoms with Crippen molar-refractivity contribution in [1.29, 1.82) is 0 Å². The van der Waals surface area contributed by atoms with Crippen LogP contribution in [0.15, 0.2) is 54.6 Å². The van der Waals surface area contributed by atoms with Crippen LogP contribution in [-0.2, 0) is 4.79 Å². The van der Waals surface area contributed by atoms with E-state index in [1.165, 1.54) is 29.2 Å². The molecule has 7 heteroatoms. The van der Waals surface area contributed by atoms with Crippen molar-refractivity contribution < 1.29 is 9.18 Å². The van der Waals surface area contributed by atoms with Gasteiger partial charge in [-0.3, -0.25) is 9.69 Å². The smallest absolute Gasteiger partial charge is 0.260 e. The molecule has 5 nitrogen and oxygen atoms in total. The second kappa shape index (κ2) is 6.59. The van der Waals surface area contributed by atoms with Crippen molar-refractivity contribution in [2.75, 3.05) is 4.90 Å². The van der Waals surface area contributed by atoms with Crippen LogP contribution in [0.4, 0.5) is 10.1 Å². The predicted molar refractivity (Wildman–Crippen MR) is 105 cm³/mol. The Morgan fingerprint density at radius 2 is 1.70 bits per heavy atom. The molecule has 4 rings (SSSR count). The number of nitrogens with one attached hydrogen (secondary N) is 1. The Bertz CT molecular complexity index is 1030. The number of rotatable bonds is 3. The first-order chi connectivity index (χ1) is 13.0. The number of halogens is 1. The zero-order valence-corrected chi connectivity index (χ0v) is 15.6. The third kappa shape index (κ3) is 2.90. The summed E-state index contributed by atoms with van der Waals surface area (Å²) in [5, 5.41) is 7.99. The average molecular weight is 380 g/mol. The number of nitrogens with zero attached hydrogens (tertiary/aromatic N) is 3. The summed E-state index contributed by atoms with van der Waals surface area (Å²) in [4.78, 5) is 14.5. The molecule has 2 aromatic carbocycles. The minimum Gasteiger partial charge on any atom is -0.346 e. The van der Waals surface area contributed by atoms with E-state index in [-0.39, 0.29) is 11.7 Å². The summed E-state index contributed by atoms with van der Waals surface area (Å²) in [5.74, 6) is -0.568. The van der Waals surface area contributed by atoms with E-state index in [0.29, 0.717) is 10.8 Å². The zero-order valence-electron chi connectivity index (χ0n) is 14.8. The molecule has 27 heavy (non-hydrogen) atoms. The number of thiocarbonyl (C=S) groups is 1. The van der Waals surface area contributed by atoms with Gasteiger partial charge in [-0.2, -0.15) is 5.10 Å².